The van der Waals surface area contributed by atoms with Crippen molar-refractivity contribution >= 4 is 23.3 Å². The van der Waals surface area contributed by atoms with Gasteiger partial charge >= 0.3 is 6.03 Å². The van der Waals surface area contributed by atoms with Crippen molar-refractivity contribution in [2.45, 2.75) is 32.2 Å². The normalized spacial score (nSPS) is 17.9. The van der Waals surface area contributed by atoms with Gasteiger partial charge in [-0.1, -0.05) is 12.5 Å². The van der Waals surface area contributed by atoms with E-state index in [0.717, 1.165) is 25.8 Å². The smallest absolute Gasteiger partial charge is 0.319 e. The molecule has 0 aliphatic carbocycles. The summed E-state index contributed by atoms with van der Waals surface area (Å²) in [5.41, 5.74) is 1.33. The molecule has 6 heteroatoms. The summed E-state index contributed by atoms with van der Waals surface area (Å²) in [7, 11) is 0. The van der Waals surface area contributed by atoms with E-state index in [1.54, 1.807) is 18.2 Å². The van der Waals surface area contributed by atoms with Crippen LogP contribution in [0.3, 0.4) is 0 Å². The first-order chi connectivity index (χ1) is 10.2. The van der Waals surface area contributed by atoms with E-state index in [-0.39, 0.29) is 18.0 Å². The Morgan fingerprint density at radius 1 is 1.24 bits per heavy atom. The largest absolute Gasteiger partial charge is 0.338 e. The van der Waals surface area contributed by atoms with Crippen LogP contribution in [-0.2, 0) is 4.79 Å². The van der Waals surface area contributed by atoms with E-state index in [1.165, 1.54) is 0 Å². The maximum Gasteiger partial charge on any atom is 0.319 e. The SMILES string of the molecule is CCNC(=O)Nc1cccc(NC(=O)C2CCCCN2)c1. The Hall–Kier alpha value is -2.08. The van der Waals surface area contributed by atoms with Gasteiger partial charge in [-0.05, 0) is 44.5 Å². The van der Waals surface area contributed by atoms with E-state index in [9.17, 15) is 9.59 Å². The predicted octanol–water partition coefficient (Wildman–Crippen LogP) is 1.91. The van der Waals surface area contributed by atoms with Crippen LogP contribution in [0, 0.1) is 0 Å². The highest BCUT2D eigenvalue weighted by Crippen LogP contribution is 2.16. The summed E-state index contributed by atoms with van der Waals surface area (Å²) >= 11 is 0. The zero-order valence-corrected chi connectivity index (χ0v) is 12.2. The van der Waals surface area contributed by atoms with Gasteiger partial charge in [0.2, 0.25) is 5.91 Å². The minimum absolute atomic E-state index is 0.0233. The lowest BCUT2D eigenvalue weighted by Gasteiger charge is -2.22. The van der Waals surface area contributed by atoms with Gasteiger partial charge in [-0.3, -0.25) is 4.79 Å². The zero-order chi connectivity index (χ0) is 15.1. The van der Waals surface area contributed by atoms with Crippen LogP contribution in [0.25, 0.3) is 0 Å². The lowest BCUT2D eigenvalue weighted by atomic mass is 10.0. The molecule has 1 aromatic carbocycles. The number of amides is 3. The molecule has 4 N–H and O–H groups in total. The molecule has 6 nitrogen and oxygen atoms in total. The van der Waals surface area contributed by atoms with Crippen LogP contribution in [0.2, 0.25) is 0 Å². The zero-order valence-electron chi connectivity index (χ0n) is 12.2. The number of piperidine rings is 1. The second-order valence-corrected chi connectivity index (χ2v) is 5.06. The van der Waals surface area contributed by atoms with Gasteiger partial charge in [-0.15, -0.1) is 0 Å². The lowest BCUT2D eigenvalue weighted by Crippen LogP contribution is -2.43. The standard InChI is InChI=1S/C15H22N4O2/c1-2-16-15(21)19-12-7-5-6-11(10-12)18-14(20)13-8-3-4-9-17-13/h5-7,10,13,17H,2-4,8-9H2,1H3,(H,18,20)(H2,16,19,21). The molecule has 1 atom stereocenters. The number of hydrogen-bond donors (Lipinski definition) is 4. The second-order valence-electron chi connectivity index (χ2n) is 5.06. The number of carbonyl (C=O) groups excluding carboxylic acids is 2. The van der Waals surface area contributed by atoms with Crippen molar-refractivity contribution in [1.82, 2.24) is 10.6 Å². The molecule has 2 rings (SSSR count). The fourth-order valence-electron chi connectivity index (χ4n) is 2.32. The number of rotatable bonds is 4. The molecule has 1 fully saturated rings. The van der Waals surface area contributed by atoms with Crippen molar-refractivity contribution < 1.29 is 9.59 Å². The molecular formula is C15H22N4O2. The molecule has 3 amide bonds. The topological polar surface area (TPSA) is 82.3 Å². The van der Waals surface area contributed by atoms with E-state index >= 15 is 0 Å². The molecular weight excluding hydrogens is 268 g/mol. The third-order valence-corrected chi connectivity index (χ3v) is 3.35. The van der Waals surface area contributed by atoms with Crippen LogP contribution in [-0.4, -0.2) is 31.1 Å². The van der Waals surface area contributed by atoms with Crippen molar-refractivity contribution in [3.8, 4) is 0 Å². The molecule has 1 aromatic rings. The monoisotopic (exact) mass is 290 g/mol. The van der Waals surface area contributed by atoms with Gasteiger partial charge < -0.3 is 21.3 Å². The first-order valence-electron chi connectivity index (χ1n) is 7.38. The average Bonchev–Trinajstić information content (AvgIpc) is 2.48. The molecule has 0 saturated carbocycles. The molecule has 1 aliphatic rings. The second kappa shape index (κ2) is 7.64. The average molecular weight is 290 g/mol. The van der Waals surface area contributed by atoms with Crippen LogP contribution < -0.4 is 21.3 Å². The van der Waals surface area contributed by atoms with E-state index in [0.29, 0.717) is 17.9 Å². The Bertz CT molecular complexity index is 498. The molecule has 1 aliphatic heterocycles. The molecule has 0 aromatic heterocycles. The van der Waals surface area contributed by atoms with E-state index < -0.39 is 0 Å². The fourth-order valence-corrected chi connectivity index (χ4v) is 2.32. The summed E-state index contributed by atoms with van der Waals surface area (Å²) in [6.45, 7) is 3.31. The van der Waals surface area contributed by atoms with Gasteiger partial charge in [0, 0.05) is 17.9 Å². The molecule has 1 saturated heterocycles. The number of urea groups is 1. The van der Waals surface area contributed by atoms with Gasteiger partial charge in [0.05, 0.1) is 6.04 Å². The highest BCUT2D eigenvalue weighted by molar-refractivity contribution is 5.96. The minimum atomic E-state index is -0.255. The third kappa shape index (κ3) is 4.75. The summed E-state index contributed by atoms with van der Waals surface area (Å²) in [6.07, 6.45) is 3.06. The lowest BCUT2D eigenvalue weighted by molar-refractivity contribution is -0.118. The molecule has 1 unspecified atom stereocenters. The summed E-state index contributed by atoms with van der Waals surface area (Å²) < 4.78 is 0. The molecule has 1 heterocycles. The molecule has 0 spiro atoms. The fraction of sp³-hybridized carbons (Fsp3) is 0.467. The third-order valence-electron chi connectivity index (χ3n) is 3.35. The van der Waals surface area contributed by atoms with Crippen molar-refractivity contribution in [3.05, 3.63) is 24.3 Å². The van der Waals surface area contributed by atoms with Crippen LogP contribution in [0.5, 0.6) is 0 Å². The Balaban J connectivity index is 1.93. The molecule has 114 valence electrons. The molecule has 21 heavy (non-hydrogen) atoms. The quantitative estimate of drug-likeness (QED) is 0.683. The predicted molar refractivity (Wildman–Crippen MR) is 83.4 cm³/mol. The van der Waals surface area contributed by atoms with Crippen molar-refractivity contribution in [2.24, 2.45) is 0 Å². The maximum absolute atomic E-state index is 12.1. The van der Waals surface area contributed by atoms with Crippen LogP contribution >= 0.6 is 0 Å². The van der Waals surface area contributed by atoms with Crippen LogP contribution in [0.1, 0.15) is 26.2 Å². The van der Waals surface area contributed by atoms with Gasteiger partial charge in [0.1, 0.15) is 0 Å². The van der Waals surface area contributed by atoms with Crippen LogP contribution in [0.15, 0.2) is 24.3 Å². The first kappa shape index (κ1) is 15.3. The van der Waals surface area contributed by atoms with E-state index in [4.69, 9.17) is 0 Å². The van der Waals surface area contributed by atoms with Gasteiger partial charge in [0.25, 0.3) is 0 Å². The van der Waals surface area contributed by atoms with Gasteiger partial charge in [-0.2, -0.15) is 0 Å². The van der Waals surface area contributed by atoms with E-state index in [1.807, 2.05) is 13.0 Å². The highest BCUT2D eigenvalue weighted by Gasteiger charge is 2.20. The molecule has 0 radical (unpaired) electrons. The minimum Gasteiger partial charge on any atom is -0.338 e. The van der Waals surface area contributed by atoms with Crippen LogP contribution in [0.4, 0.5) is 16.2 Å². The first-order valence-corrected chi connectivity index (χ1v) is 7.38. The summed E-state index contributed by atoms with van der Waals surface area (Å²) in [5, 5.41) is 11.5. The number of anilines is 2. The number of carbonyl (C=O) groups is 2. The number of nitrogens with one attached hydrogen (secondary N) is 4. The summed E-state index contributed by atoms with van der Waals surface area (Å²) in [5.74, 6) is -0.0233. The summed E-state index contributed by atoms with van der Waals surface area (Å²) in [6, 6.07) is 6.75. The van der Waals surface area contributed by atoms with Gasteiger partial charge in [0.15, 0.2) is 0 Å². The highest BCUT2D eigenvalue weighted by atomic mass is 16.2. The van der Waals surface area contributed by atoms with Crippen molar-refractivity contribution in [1.29, 1.82) is 0 Å². The Kier molecular flexibility index (Phi) is 5.57. The number of benzene rings is 1. The van der Waals surface area contributed by atoms with Gasteiger partial charge in [-0.25, -0.2) is 4.79 Å². The van der Waals surface area contributed by atoms with Crippen molar-refractivity contribution in [2.75, 3.05) is 23.7 Å². The van der Waals surface area contributed by atoms with Crippen molar-refractivity contribution in [3.63, 3.8) is 0 Å². The summed E-state index contributed by atoms with van der Waals surface area (Å²) in [4.78, 5) is 23.6. The number of hydrogen-bond acceptors (Lipinski definition) is 3. The van der Waals surface area contributed by atoms with E-state index in [2.05, 4.69) is 21.3 Å². The Morgan fingerprint density at radius 3 is 2.67 bits per heavy atom. The Morgan fingerprint density at radius 2 is 2.00 bits per heavy atom. The maximum atomic E-state index is 12.1. The molecule has 0 bridgehead atoms. The Labute approximate surface area is 124 Å².